The van der Waals surface area contributed by atoms with Crippen molar-refractivity contribution in [1.29, 1.82) is 0 Å². The van der Waals surface area contributed by atoms with Gasteiger partial charge in [0.05, 0.1) is 10.5 Å². The lowest BCUT2D eigenvalue weighted by molar-refractivity contribution is -0.385. The molecule has 0 heterocycles. The van der Waals surface area contributed by atoms with E-state index in [-0.39, 0.29) is 5.69 Å². The fourth-order valence-corrected chi connectivity index (χ4v) is 1.89. The number of hydrogen-bond donors (Lipinski definition) is 0. The van der Waals surface area contributed by atoms with Gasteiger partial charge in [0.15, 0.2) is 0 Å². The lowest BCUT2D eigenvalue weighted by Gasteiger charge is -2.07. The molecule has 2 aromatic rings. The van der Waals surface area contributed by atoms with Gasteiger partial charge < -0.3 is 0 Å². The largest absolute Gasteiger partial charge is 0.299 e. The second-order valence-corrected chi connectivity index (χ2v) is 3.86. The maximum Gasteiger partial charge on any atom is 0.277 e. The molecule has 0 aromatic heterocycles. The van der Waals surface area contributed by atoms with Crippen molar-refractivity contribution < 1.29 is 9.72 Å². The van der Waals surface area contributed by atoms with Gasteiger partial charge in [0.2, 0.25) is 0 Å². The van der Waals surface area contributed by atoms with Crippen LogP contribution in [0.4, 0.5) is 5.69 Å². The Morgan fingerprint density at radius 1 is 1.00 bits per heavy atom. The molecule has 19 heavy (non-hydrogen) atoms. The molecule has 0 aliphatic carbocycles. The smallest absolute Gasteiger partial charge is 0.277 e. The summed E-state index contributed by atoms with van der Waals surface area (Å²) in [6.07, 6.45) is 1.98. The van der Waals surface area contributed by atoms with Gasteiger partial charge in [-0.05, 0) is 23.3 Å². The maximum absolute atomic E-state index is 11.1. The standard InChI is InChI=1S/C15H11NO3/c17-11-10-13(12-6-2-1-3-7-12)14-8-4-5-9-15(14)16(18)19/h1-11H/b13-10+. The lowest BCUT2D eigenvalue weighted by atomic mass is 9.96. The van der Waals surface area contributed by atoms with Crippen molar-refractivity contribution in [3.05, 3.63) is 81.9 Å². The molecule has 0 saturated heterocycles. The molecule has 0 fully saturated rings. The molecule has 94 valence electrons. The molecule has 0 aliphatic heterocycles. The van der Waals surface area contributed by atoms with E-state index >= 15 is 0 Å². The number of hydrogen-bond acceptors (Lipinski definition) is 3. The summed E-state index contributed by atoms with van der Waals surface area (Å²) in [6, 6.07) is 15.5. The van der Waals surface area contributed by atoms with Crippen LogP contribution in [0.5, 0.6) is 0 Å². The highest BCUT2D eigenvalue weighted by Gasteiger charge is 2.16. The number of nitro benzene ring substituents is 1. The molecular formula is C15H11NO3. The fraction of sp³-hybridized carbons (Fsp3) is 0. The van der Waals surface area contributed by atoms with Crippen LogP contribution < -0.4 is 0 Å². The highest BCUT2D eigenvalue weighted by Crippen LogP contribution is 2.30. The zero-order valence-corrected chi connectivity index (χ0v) is 10.0. The Kier molecular flexibility index (Phi) is 3.83. The Morgan fingerprint density at radius 3 is 2.26 bits per heavy atom. The summed E-state index contributed by atoms with van der Waals surface area (Å²) >= 11 is 0. The highest BCUT2D eigenvalue weighted by atomic mass is 16.6. The fourth-order valence-electron chi connectivity index (χ4n) is 1.89. The van der Waals surface area contributed by atoms with Gasteiger partial charge in [-0.2, -0.15) is 0 Å². The van der Waals surface area contributed by atoms with E-state index in [0.717, 1.165) is 5.56 Å². The van der Waals surface area contributed by atoms with Crippen molar-refractivity contribution in [3.8, 4) is 0 Å². The van der Waals surface area contributed by atoms with E-state index in [0.29, 0.717) is 17.4 Å². The summed E-state index contributed by atoms with van der Waals surface area (Å²) in [5.74, 6) is 0. The van der Waals surface area contributed by atoms with Crippen LogP contribution in [-0.2, 0) is 4.79 Å². The Morgan fingerprint density at radius 2 is 1.63 bits per heavy atom. The third kappa shape index (κ3) is 2.74. The summed E-state index contributed by atoms with van der Waals surface area (Å²) in [6.45, 7) is 0. The Hall–Kier alpha value is -2.75. The van der Waals surface area contributed by atoms with Crippen molar-refractivity contribution >= 4 is 17.5 Å². The van der Waals surface area contributed by atoms with Gasteiger partial charge in [-0.1, -0.05) is 42.5 Å². The van der Waals surface area contributed by atoms with Gasteiger partial charge in [0.1, 0.15) is 6.29 Å². The number of nitro groups is 1. The molecule has 2 aromatic carbocycles. The summed E-state index contributed by atoms with van der Waals surface area (Å²) in [7, 11) is 0. The molecular weight excluding hydrogens is 242 g/mol. The molecule has 0 saturated carbocycles. The Labute approximate surface area is 110 Å². The molecule has 0 amide bonds. The Bertz CT molecular complexity index is 633. The topological polar surface area (TPSA) is 60.2 Å². The monoisotopic (exact) mass is 253 g/mol. The number of carbonyl (C=O) groups is 1. The minimum Gasteiger partial charge on any atom is -0.299 e. The minimum atomic E-state index is -0.448. The van der Waals surface area contributed by atoms with Crippen molar-refractivity contribution in [3.63, 3.8) is 0 Å². The molecule has 0 bridgehead atoms. The number of carbonyl (C=O) groups excluding carboxylic acids is 1. The quantitative estimate of drug-likeness (QED) is 0.364. The van der Waals surface area contributed by atoms with Crippen molar-refractivity contribution in [2.24, 2.45) is 0 Å². The van der Waals surface area contributed by atoms with Crippen molar-refractivity contribution in [1.82, 2.24) is 0 Å². The number of nitrogens with zero attached hydrogens (tertiary/aromatic N) is 1. The summed E-state index contributed by atoms with van der Waals surface area (Å²) < 4.78 is 0. The molecule has 4 heteroatoms. The lowest BCUT2D eigenvalue weighted by Crippen LogP contribution is -1.96. The molecule has 0 aliphatic rings. The third-order valence-corrected chi connectivity index (χ3v) is 2.71. The van der Waals surface area contributed by atoms with Gasteiger partial charge >= 0.3 is 0 Å². The molecule has 0 unspecified atom stereocenters. The number of para-hydroxylation sites is 1. The summed E-state index contributed by atoms with van der Waals surface area (Å²) in [5, 5.41) is 11.1. The first-order chi connectivity index (χ1) is 9.24. The average Bonchev–Trinajstić information content (AvgIpc) is 2.45. The molecule has 4 nitrogen and oxygen atoms in total. The van der Waals surface area contributed by atoms with E-state index in [4.69, 9.17) is 0 Å². The van der Waals surface area contributed by atoms with Crippen molar-refractivity contribution in [2.45, 2.75) is 0 Å². The zero-order chi connectivity index (χ0) is 13.7. The van der Waals surface area contributed by atoms with E-state index in [2.05, 4.69) is 0 Å². The number of rotatable bonds is 4. The van der Waals surface area contributed by atoms with E-state index in [1.165, 1.54) is 12.1 Å². The molecule has 0 spiro atoms. The number of aldehydes is 1. The van der Waals surface area contributed by atoms with Crippen LogP contribution in [0.15, 0.2) is 60.7 Å². The van der Waals surface area contributed by atoms with E-state index in [1.54, 1.807) is 18.2 Å². The van der Waals surface area contributed by atoms with E-state index in [9.17, 15) is 14.9 Å². The van der Waals surface area contributed by atoms with Gasteiger partial charge in [0.25, 0.3) is 5.69 Å². The first-order valence-corrected chi connectivity index (χ1v) is 5.68. The first-order valence-electron chi connectivity index (χ1n) is 5.68. The molecule has 2 rings (SSSR count). The van der Waals surface area contributed by atoms with Crippen LogP contribution in [0.1, 0.15) is 11.1 Å². The second-order valence-electron chi connectivity index (χ2n) is 3.86. The number of benzene rings is 2. The third-order valence-electron chi connectivity index (χ3n) is 2.71. The summed E-state index contributed by atoms with van der Waals surface area (Å²) in [4.78, 5) is 21.4. The van der Waals surface area contributed by atoms with Crippen LogP contribution in [0.2, 0.25) is 0 Å². The van der Waals surface area contributed by atoms with E-state index in [1.807, 2.05) is 30.3 Å². The summed E-state index contributed by atoms with van der Waals surface area (Å²) in [5.41, 5.74) is 1.73. The van der Waals surface area contributed by atoms with Crippen LogP contribution in [-0.4, -0.2) is 11.2 Å². The van der Waals surface area contributed by atoms with Crippen LogP contribution in [0.25, 0.3) is 5.57 Å². The normalized spacial score (nSPS) is 11.1. The molecule has 0 radical (unpaired) electrons. The first kappa shape index (κ1) is 12.7. The molecule has 0 atom stereocenters. The predicted octanol–water partition coefficient (Wildman–Crippen LogP) is 3.23. The van der Waals surface area contributed by atoms with Crippen LogP contribution in [0, 0.1) is 10.1 Å². The van der Waals surface area contributed by atoms with Gasteiger partial charge in [0, 0.05) is 6.07 Å². The second kappa shape index (κ2) is 5.73. The Balaban J connectivity index is 2.62. The number of allylic oxidation sites excluding steroid dienone is 1. The van der Waals surface area contributed by atoms with Gasteiger partial charge in [-0.25, -0.2) is 0 Å². The minimum absolute atomic E-state index is 0.0144. The molecule has 0 N–H and O–H groups in total. The maximum atomic E-state index is 11.1. The average molecular weight is 253 g/mol. The van der Waals surface area contributed by atoms with E-state index < -0.39 is 4.92 Å². The van der Waals surface area contributed by atoms with Crippen molar-refractivity contribution in [2.75, 3.05) is 0 Å². The highest BCUT2D eigenvalue weighted by molar-refractivity contribution is 5.92. The SMILES string of the molecule is O=C/C=C(\c1ccccc1)c1ccccc1[N+](=O)[O-]. The predicted molar refractivity (Wildman–Crippen MR) is 72.7 cm³/mol. The van der Waals surface area contributed by atoms with Gasteiger partial charge in [-0.3, -0.25) is 14.9 Å². The zero-order valence-electron chi connectivity index (χ0n) is 10.0. The van der Waals surface area contributed by atoms with Gasteiger partial charge in [-0.15, -0.1) is 0 Å². The van der Waals surface area contributed by atoms with Crippen LogP contribution in [0.3, 0.4) is 0 Å². The van der Waals surface area contributed by atoms with Crippen LogP contribution >= 0.6 is 0 Å².